The Morgan fingerprint density at radius 2 is 1.74 bits per heavy atom. The van der Waals surface area contributed by atoms with Gasteiger partial charge in [0.15, 0.2) is 6.61 Å². The van der Waals surface area contributed by atoms with Gasteiger partial charge >= 0.3 is 27.3 Å². The number of benzene rings is 2. The lowest BCUT2D eigenvalue weighted by Gasteiger charge is -2.15. The average Bonchev–Trinajstić information content (AvgIpc) is 2.58. The lowest BCUT2D eigenvalue weighted by molar-refractivity contribution is -0.130. The van der Waals surface area contributed by atoms with E-state index in [0.29, 0.717) is 10.8 Å². The smallest absolute Gasteiger partial charge is 0.402 e. The number of carbonyl (C=O) groups is 2. The van der Waals surface area contributed by atoms with Crippen LogP contribution in [0.2, 0.25) is 0 Å². The van der Waals surface area contributed by atoms with Crippen molar-refractivity contribution in [3.63, 3.8) is 0 Å². The number of alkyl halides is 2. The minimum atomic E-state index is -5.76. The Bertz CT molecular complexity index is 1030. The summed E-state index contributed by atoms with van der Waals surface area (Å²) in [6.07, 6.45) is 0. The van der Waals surface area contributed by atoms with E-state index in [1.165, 1.54) is 19.1 Å². The van der Waals surface area contributed by atoms with Crippen LogP contribution in [0.15, 0.2) is 48.6 Å². The Morgan fingerprint density at radius 3 is 2.26 bits per heavy atom. The van der Waals surface area contributed by atoms with E-state index in [2.05, 4.69) is 11.3 Å². The van der Waals surface area contributed by atoms with Crippen LogP contribution in [0.4, 0.5) is 8.78 Å². The first kappa shape index (κ1) is 20.5. The molecule has 2 rings (SSSR count). The van der Waals surface area contributed by atoms with Crippen molar-refractivity contribution < 1.29 is 40.8 Å². The first-order valence-electron chi connectivity index (χ1n) is 7.35. The van der Waals surface area contributed by atoms with Crippen molar-refractivity contribution in [1.29, 1.82) is 0 Å². The topological polar surface area (TPSA) is 107 Å². The molecule has 0 aliphatic carbocycles. The molecule has 0 heterocycles. The number of carbonyl (C=O) groups excluding carboxylic acids is 2. The summed E-state index contributed by atoms with van der Waals surface area (Å²) in [5.74, 6) is -2.50. The average molecular weight is 400 g/mol. The summed E-state index contributed by atoms with van der Waals surface area (Å²) >= 11 is 0. The molecule has 0 fully saturated rings. The zero-order valence-corrected chi connectivity index (χ0v) is 14.8. The Morgan fingerprint density at radius 1 is 1.19 bits per heavy atom. The number of esters is 2. The van der Waals surface area contributed by atoms with Crippen LogP contribution in [-0.4, -0.2) is 36.8 Å². The van der Waals surface area contributed by atoms with Crippen molar-refractivity contribution >= 4 is 32.8 Å². The van der Waals surface area contributed by atoms with E-state index in [-0.39, 0.29) is 16.9 Å². The predicted octanol–water partition coefficient (Wildman–Crippen LogP) is 2.96. The molecule has 0 radical (unpaired) electrons. The molecule has 0 aliphatic rings. The number of rotatable bonds is 6. The molecule has 0 saturated carbocycles. The maximum Gasteiger partial charge on any atom is 0.402 e. The molecule has 0 bridgehead atoms. The summed E-state index contributed by atoms with van der Waals surface area (Å²) in [4.78, 5) is 24.0. The molecule has 7 nitrogen and oxygen atoms in total. The van der Waals surface area contributed by atoms with Gasteiger partial charge in [0.05, 0.1) is 0 Å². The molecule has 144 valence electrons. The monoisotopic (exact) mass is 400 g/mol. The van der Waals surface area contributed by atoms with Crippen LogP contribution in [0, 0.1) is 0 Å². The molecule has 1 N–H and O–H groups in total. The molecule has 0 aliphatic heterocycles. The third kappa shape index (κ3) is 4.66. The summed E-state index contributed by atoms with van der Waals surface area (Å²) in [5, 5.41) is -3.59. The van der Waals surface area contributed by atoms with Crippen LogP contribution >= 0.6 is 0 Å². The highest BCUT2D eigenvalue weighted by Crippen LogP contribution is 2.28. The largest absolute Gasteiger partial charge is 0.454 e. The Hall–Kier alpha value is -2.85. The van der Waals surface area contributed by atoms with Crippen molar-refractivity contribution in [2.24, 2.45) is 0 Å². The third-order valence-electron chi connectivity index (χ3n) is 3.37. The summed E-state index contributed by atoms with van der Waals surface area (Å²) in [5.41, 5.74) is -0.352. The number of hydrogen-bond donors (Lipinski definition) is 1. The van der Waals surface area contributed by atoms with E-state index in [1.54, 1.807) is 24.3 Å². The first-order valence-corrected chi connectivity index (χ1v) is 8.79. The van der Waals surface area contributed by atoms with Gasteiger partial charge in [-0.05, 0) is 29.8 Å². The molecule has 0 atom stereocenters. The van der Waals surface area contributed by atoms with Gasteiger partial charge in [0.2, 0.25) is 0 Å². The number of ether oxygens (including phenoxy) is 2. The second-order valence-corrected chi connectivity index (χ2v) is 7.10. The van der Waals surface area contributed by atoms with Crippen molar-refractivity contribution in [1.82, 2.24) is 0 Å². The maximum absolute atomic E-state index is 13.3. The van der Waals surface area contributed by atoms with Crippen LogP contribution in [0.5, 0.6) is 5.75 Å². The van der Waals surface area contributed by atoms with E-state index in [4.69, 9.17) is 9.29 Å². The van der Waals surface area contributed by atoms with Gasteiger partial charge in [-0.1, -0.05) is 30.8 Å². The third-order valence-corrected chi connectivity index (χ3v) is 4.24. The highest BCUT2D eigenvalue weighted by atomic mass is 32.2. The Kier molecular flexibility index (Phi) is 5.62. The van der Waals surface area contributed by atoms with Gasteiger partial charge in [-0.2, -0.15) is 17.2 Å². The summed E-state index contributed by atoms with van der Waals surface area (Å²) in [7, 11) is -5.76. The normalized spacial score (nSPS) is 11.9. The zero-order valence-electron chi connectivity index (χ0n) is 13.9. The highest BCUT2D eigenvalue weighted by Gasteiger charge is 2.45. The number of halogens is 2. The van der Waals surface area contributed by atoms with Crippen LogP contribution < -0.4 is 4.74 Å². The van der Waals surface area contributed by atoms with E-state index < -0.39 is 33.9 Å². The van der Waals surface area contributed by atoms with Gasteiger partial charge < -0.3 is 9.47 Å². The summed E-state index contributed by atoms with van der Waals surface area (Å²) < 4.78 is 65.5. The molecule has 2 aromatic rings. The first-order chi connectivity index (χ1) is 12.4. The Balaban J connectivity index is 2.40. The van der Waals surface area contributed by atoms with Crippen LogP contribution in [-0.2, 0) is 19.6 Å². The summed E-state index contributed by atoms with van der Waals surface area (Å²) in [6.45, 7) is 2.86. The van der Waals surface area contributed by atoms with Gasteiger partial charge in [-0.3, -0.25) is 4.55 Å². The van der Waals surface area contributed by atoms with Crippen molar-refractivity contribution in [3.05, 3.63) is 54.1 Å². The second kappa shape index (κ2) is 7.41. The predicted molar refractivity (Wildman–Crippen MR) is 91.2 cm³/mol. The quantitative estimate of drug-likeness (QED) is 0.344. The van der Waals surface area contributed by atoms with Gasteiger partial charge in [0.1, 0.15) is 11.3 Å². The number of fused-ring (bicyclic) bond motifs is 1. The van der Waals surface area contributed by atoms with E-state index in [0.717, 1.165) is 0 Å². The van der Waals surface area contributed by atoms with Crippen molar-refractivity contribution in [2.75, 3.05) is 6.61 Å². The summed E-state index contributed by atoms with van der Waals surface area (Å²) in [6, 6.07) is 9.19. The highest BCUT2D eigenvalue weighted by molar-refractivity contribution is 7.86. The number of hydrogen-bond acceptors (Lipinski definition) is 6. The molecule has 0 saturated heterocycles. The van der Waals surface area contributed by atoms with Crippen LogP contribution in [0.1, 0.15) is 17.3 Å². The van der Waals surface area contributed by atoms with Gasteiger partial charge in [0, 0.05) is 5.57 Å². The molecule has 0 unspecified atom stereocenters. The molecule has 2 aromatic carbocycles. The Labute approximate surface area is 152 Å². The standard InChI is InChI=1S/C17H14F2O7S/c1-10(2)15(20)26-14-8-12-6-4-3-5-11(12)7-13(14)16(21)25-9-17(18,19)27(22,23)24/h3-8H,1,9H2,2H3,(H,22,23,24). The fourth-order valence-corrected chi connectivity index (χ4v) is 2.16. The lowest BCUT2D eigenvalue weighted by Crippen LogP contribution is -2.34. The van der Waals surface area contributed by atoms with E-state index in [9.17, 15) is 26.8 Å². The minimum Gasteiger partial charge on any atom is -0.454 e. The van der Waals surface area contributed by atoms with E-state index >= 15 is 0 Å². The lowest BCUT2D eigenvalue weighted by atomic mass is 10.1. The maximum atomic E-state index is 13.3. The molecule has 0 amide bonds. The van der Waals surface area contributed by atoms with E-state index in [1.807, 2.05) is 0 Å². The second-order valence-electron chi connectivity index (χ2n) is 5.55. The zero-order chi connectivity index (χ0) is 20.4. The van der Waals surface area contributed by atoms with Crippen molar-refractivity contribution in [3.8, 4) is 5.75 Å². The van der Waals surface area contributed by atoms with Gasteiger partial charge in [-0.25, -0.2) is 9.59 Å². The molecule has 27 heavy (non-hydrogen) atoms. The molecular formula is C17H14F2O7S. The fraction of sp³-hybridized carbons (Fsp3) is 0.176. The van der Waals surface area contributed by atoms with Crippen LogP contribution in [0.25, 0.3) is 10.8 Å². The molecule has 0 aromatic heterocycles. The van der Waals surface area contributed by atoms with Crippen molar-refractivity contribution in [2.45, 2.75) is 12.2 Å². The molecule has 10 heteroatoms. The minimum absolute atomic E-state index is 0.0281. The SMILES string of the molecule is C=C(C)C(=O)Oc1cc2ccccc2cc1C(=O)OCC(F)(F)S(=O)(=O)O. The van der Waals surface area contributed by atoms with Gasteiger partial charge in [-0.15, -0.1) is 0 Å². The fourth-order valence-electron chi connectivity index (χ4n) is 1.95. The van der Waals surface area contributed by atoms with Crippen LogP contribution in [0.3, 0.4) is 0 Å². The van der Waals surface area contributed by atoms with Gasteiger partial charge in [0.25, 0.3) is 0 Å². The molecular weight excluding hydrogens is 386 g/mol. The molecule has 0 spiro atoms.